The van der Waals surface area contributed by atoms with Crippen LogP contribution in [-0.2, 0) is 17.5 Å². The molecule has 0 atom stereocenters. The zero-order valence-electron chi connectivity index (χ0n) is 20.1. The number of rotatable bonds is 6. The number of aromatic amines is 1. The Morgan fingerprint density at radius 3 is 2.53 bits per heavy atom. The molecular weight excluding hydrogens is 503 g/mol. The molecule has 3 N–H and O–H groups in total. The van der Waals surface area contributed by atoms with E-state index >= 15 is 0 Å². The van der Waals surface area contributed by atoms with E-state index in [-0.39, 0.29) is 29.4 Å². The molecule has 0 radical (unpaired) electrons. The number of oxazole rings is 1. The van der Waals surface area contributed by atoms with E-state index in [1.165, 1.54) is 31.4 Å². The lowest BCUT2D eigenvalue weighted by molar-refractivity contribution is -0.137. The number of H-pyrrole nitrogens is 1. The maximum Gasteiger partial charge on any atom is 0.417 e. The third-order valence-corrected chi connectivity index (χ3v) is 5.66. The number of nitrogens with one attached hydrogen (secondary N) is 3. The van der Waals surface area contributed by atoms with Crippen LogP contribution in [-0.4, -0.2) is 33.9 Å². The Bertz CT molecular complexity index is 1690. The van der Waals surface area contributed by atoms with Crippen molar-refractivity contribution in [2.45, 2.75) is 19.7 Å². The Morgan fingerprint density at radius 1 is 1.00 bits per heavy atom. The summed E-state index contributed by atoms with van der Waals surface area (Å²) in [6.07, 6.45) is -4.72. The van der Waals surface area contributed by atoms with Crippen LogP contribution in [0.1, 0.15) is 37.7 Å². The fourth-order valence-corrected chi connectivity index (χ4v) is 4.00. The molecule has 0 aliphatic carbocycles. The number of carbonyl (C=O) groups excluding carboxylic acids is 2. The van der Waals surface area contributed by atoms with Gasteiger partial charge in [-0.2, -0.15) is 18.2 Å². The number of ether oxygens (including phenoxy) is 1. The first kappa shape index (κ1) is 25.0. The zero-order valence-corrected chi connectivity index (χ0v) is 20.1. The number of fused-ring (bicyclic) bond motifs is 2. The number of nitrogens with zero attached hydrogens (tertiary/aromatic N) is 2. The predicted molar refractivity (Wildman–Crippen MR) is 133 cm³/mol. The summed E-state index contributed by atoms with van der Waals surface area (Å²) in [6, 6.07) is 12.5. The van der Waals surface area contributed by atoms with Crippen LogP contribution < -0.4 is 10.6 Å². The van der Waals surface area contributed by atoms with Gasteiger partial charge in [-0.25, -0.2) is 4.98 Å². The van der Waals surface area contributed by atoms with Crippen LogP contribution in [0.5, 0.6) is 0 Å². The third kappa shape index (κ3) is 4.93. The molecule has 194 valence electrons. The molecule has 0 fully saturated rings. The monoisotopic (exact) mass is 523 g/mol. The van der Waals surface area contributed by atoms with E-state index < -0.39 is 29.1 Å². The van der Waals surface area contributed by atoms with Crippen molar-refractivity contribution in [1.82, 2.24) is 15.0 Å². The van der Waals surface area contributed by atoms with Crippen molar-refractivity contribution in [1.29, 1.82) is 0 Å². The van der Waals surface area contributed by atoms with Crippen LogP contribution >= 0.6 is 0 Å². The summed E-state index contributed by atoms with van der Waals surface area (Å²) in [7, 11) is 1.47. The van der Waals surface area contributed by atoms with Crippen molar-refractivity contribution < 1.29 is 31.9 Å². The number of imidazole rings is 1. The lowest BCUT2D eigenvalue weighted by atomic mass is 10.1. The van der Waals surface area contributed by atoms with Crippen molar-refractivity contribution >= 4 is 45.6 Å². The second kappa shape index (κ2) is 9.63. The first-order valence-corrected chi connectivity index (χ1v) is 11.3. The Labute approximate surface area is 213 Å². The maximum atomic E-state index is 13.4. The Balaban J connectivity index is 1.51. The summed E-state index contributed by atoms with van der Waals surface area (Å²) in [6.45, 7) is 2.00. The number of halogens is 3. The molecule has 0 aliphatic heterocycles. The number of methoxy groups -OCH3 is 1. The molecule has 9 nitrogen and oxygen atoms in total. The first-order valence-electron chi connectivity index (χ1n) is 11.3. The minimum Gasteiger partial charge on any atom is -0.423 e. The molecule has 38 heavy (non-hydrogen) atoms. The van der Waals surface area contributed by atoms with Crippen LogP contribution in [0.4, 0.5) is 24.9 Å². The summed E-state index contributed by atoms with van der Waals surface area (Å²) in [5, 5.41) is 5.03. The van der Waals surface area contributed by atoms with E-state index in [0.717, 1.165) is 17.7 Å². The van der Waals surface area contributed by atoms with Gasteiger partial charge < -0.3 is 19.5 Å². The van der Waals surface area contributed by atoms with Crippen LogP contribution in [0.2, 0.25) is 0 Å². The molecule has 0 unspecified atom stereocenters. The highest BCUT2D eigenvalue weighted by Crippen LogP contribution is 2.32. The number of anilines is 2. The average Bonchev–Trinajstić information content (AvgIpc) is 3.45. The van der Waals surface area contributed by atoms with Gasteiger partial charge in [0.25, 0.3) is 11.8 Å². The van der Waals surface area contributed by atoms with Gasteiger partial charge in [0.2, 0.25) is 0 Å². The zero-order chi connectivity index (χ0) is 27.0. The number of aromatic nitrogens is 3. The maximum absolute atomic E-state index is 13.4. The number of benzene rings is 3. The summed E-state index contributed by atoms with van der Waals surface area (Å²) in [5.74, 6) is -1.24. The Hall–Kier alpha value is -4.71. The SMILES string of the molecule is COCc1nc2c(C(=O)Nc3nc4ccc(C)cc4o3)cc(NC(=O)c3ccccc3C(F)(F)F)cc2[nH]1. The lowest BCUT2D eigenvalue weighted by Crippen LogP contribution is -2.19. The topological polar surface area (TPSA) is 122 Å². The summed E-state index contributed by atoms with van der Waals surface area (Å²) < 4.78 is 51.0. The second-order valence-electron chi connectivity index (χ2n) is 8.48. The highest BCUT2D eigenvalue weighted by molar-refractivity contribution is 6.13. The molecule has 12 heteroatoms. The number of aryl methyl sites for hydroxylation is 1. The van der Waals surface area contributed by atoms with Crippen LogP contribution in [0.15, 0.2) is 59.0 Å². The Kier molecular flexibility index (Phi) is 6.33. The molecule has 2 heterocycles. The average molecular weight is 523 g/mol. The van der Waals surface area contributed by atoms with Gasteiger partial charge in [-0.1, -0.05) is 18.2 Å². The number of amides is 2. The van der Waals surface area contributed by atoms with Gasteiger partial charge in [0, 0.05) is 12.8 Å². The van der Waals surface area contributed by atoms with Crippen molar-refractivity contribution in [3.63, 3.8) is 0 Å². The third-order valence-electron chi connectivity index (χ3n) is 5.66. The van der Waals surface area contributed by atoms with Crippen LogP contribution in [0.3, 0.4) is 0 Å². The van der Waals surface area contributed by atoms with E-state index in [9.17, 15) is 22.8 Å². The van der Waals surface area contributed by atoms with Gasteiger partial charge in [0.05, 0.1) is 22.2 Å². The Morgan fingerprint density at radius 2 is 1.76 bits per heavy atom. The van der Waals surface area contributed by atoms with E-state index in [2.05, 4.69) is 25.6 Å². The minimum atomic E-state index is -4.72. The van der Waals surface area contributed by atoms with Crippen molar-refractivity contribution in [3.8, 4) is 0 Å². The fourth-order valence-electron chi connectivity index (χ4n) is 4.00. The summed E-state index contributed by atoms with van der Waals surface area (Å²) in [5.41, 5.74) is 1.06. The lowest BCUT2D eigenvalue weighted by Gasteiger charge is -2.13. The number of hydrogen-bond donors (Lipinski definition) is 3. The van der Waals surface area contributed by atoms with E-state index in [0.29, 0.717) is 22.4 Å². The fraction of sp³-hybridized carbons (Fsp3) is 0.154. The van der Waals surface area contributed by atoms with Crippen LogP contribution in [0.25, 0.3) is 22.1 Å². The standard InChI is InChI=1S/C26H20F3N5O4/c1-13-7-8-18-20(9-13)38-25(32-18)34-24(36)16-10-14(11-19-22(16)33-21(31-19)12-37-2)30-23(35)15-5-3-4-6-17(15)26(27,28)29/h3-11H,12H2,1-2H3,(H,30,35)(H,31,33)(H,32,34,36). The molecule has 2 amide bonds. The van der Waals surface area contributed by atoms with Crippen molar-refractivity contribution in [2.24, 2.45) is 0 Å². The molecule has 5 rings (SSSR count). The molecule has 0 spiro atoms. The van der Waals surface area contributed by atoms with Gasteiger partial charge >= 0.3 is 12.2 Å². The van der Waals surface area contributed by atoms with Gasteiger partial charge in [0.1, 0.15) is 23.5 Å². The van der Waals surface area contributed by atoms with Gasteiger partial charge in [0.15, 0.2) is 5.58 Å². The number of alkyl halides is 3. The predicted octanol–water partition coefficient (Wildman–Crippen LogP) is 5.68. The van der Waals surface area contributed by atoms with Gasteiger partial charge in [-0.05, 0) is 48.9 Å². The van der Waals surface area contributed by atoms with Crippen molar-refractivity contribution in [2.75, 3.05) is 17.7 Å². The quantitative estimate of drug-likeness (QED) is 0.263. The largest absolute Gasteiger partial charge is 0.423 e. The van der Waals surface area contributed by atoms with Crippen molar-refractivity contribution in [3.05, 3.63) is 82.7 Å². The van der Waals surface area contributed by atoms with E-state index in [1.54, 1.807) is 12.1 Å². The van der Waals surface area contributed by atoms with Gasteiger partial charge in [-0.15, -0.1) is 0 Å². The highest BCUT2D eigenvalue weighted by Gasteiger charge is 2.35. The van der Waals surface area contributed by atoms with E-state index in [1.807, 2.05) is 13.0 Å². The normalized spacial score (nSPS) is 11.7. The number of hydrogen-bond acceptors (Lipinski definition) is 6. The molecular formula is C26H20F3N5O4. The smallest absolute Gasteiger partial charge is 0.417 e. The molecule has 3 aromatic carbocycles. The first-order chi connectivity index (χ1) is 18.1. The highest BCUT2D eigenvalue weighted by atomic mass is 19.4. The molecule has 0 saturated heterocycles. The molecule has 0 saturated carbocycles. The molecule has 5 aromatic rings. The van der Waals surface area contributed by atoms with E-state index in [4.69, 9.17) is 9.15 Å². The molecule has 2 aromatic heterocycles. The number of carbonyl (C=O) groups is 2. The minimum absolute atomic E-state index is 0.0268. The molecule has 0 bridgehead atoms. The van der Waals surface area contributed by atoms with Gasteiger partial charge in [-0.3, -0.25) is 14.9 Å². The summed E-state index contributed by atoms with van der Waals surface area (Å²) >= 11 is 0. The second-order valence-corrected chi connectivity index (χ2v) is 8.48. The summed E-state index contributed by atoms with van der Waals surface area (Å²) in [4.78, 5) is 37.7. The molecule has 0 aliphatic rings. The van der Waals surface area contributed by atoms with Crippen LogP contribution in [0, 0.1) is 6.92 Å².